The number of ether oxygens (including phenoxy) is 2. The Hall–Kier alpha value is -1.60. The number of aliphatic hydroxyl groups excluding tert-OH is 1. The van der Waals surface area contributed by atoms with Crippen LogP contribution in [0.2, 0.25) is 0 Å². The minimum absolute atomic E-state index is 0.0835. The van der Waals surface area contributed by atoms with Gasteiger partial charge < -0.3 is 14.6 Å². The zero-order valence-electron chi connectivity index (χ0n) is 19.4. The summed E-state index contributed by atoms with van der Waals surface area (Å²) in [6.45, 7) is 7.45. The topological polar surface area (TPSA) is 72.8 Å². The average Bonchev–Trinajstić information content (AvgIpc) is 2.96. The summed E-state index contributed by atoms with van der Waals surface area (Å²) < 4.78 is 28.8. The average molecular weight is 465 g/mol. The number of methoxy groups -OCH3 is 1. The van der Waals surface area contributed by atoms with Gasteiger partial charge in [-0.2, -0.15) is 0 Å². The molecule has 5 nitrogen and oxygen atoms in total. The number of aliphatic hydroxyl groups is 1. The van der Waals surface area contributed by atoms with Crippen molar-refractivity contribution in [1.82, 2.24) is 0 Å². The van der Waals surface area contributed by atoms with Crippen molar-refractivity contribution in [1.29, 1.82) is 0 Å². The molecule has 4 aliphatic rings. The molecule has 3 fully saturated rings. The highest BCUT2D eigenvalue weighted by atomic mass is 32.1. The third kappa shape index (κ3) is 2.67. The summed E-state index contributed by atoms with van der Waals surface area (Å²) >= 11 is 5.62. The lowest BCUT2D eigenvalue weighted by Crippen LogP contribution is -2.69. The van der Waals surface area contributed by atoms with Gasteiger partial charge in [-0.05, 0) is 62.9 Å². The number of thiocarbonyl (C=S) groups is 1. The van der Waals surface area contributed by atoms with Crippen LogP contribution >= 0.6 is 12.2 Å². The molecule has 0 aliphatic heterocycles. The molecule has 0 aromatic rings. The highest BCUT2D eigenvalue weighted by Gasteiger charge is 2.77. The first kappa shape index (κ1) is 23.6. The maximum absolute atomic E-state index is 17.2. The Morgan fingerprint density at radius 2 is 2.03 bits per heavy atom. The molecule has 0 aromatic heterocycles. The molecule has 176 valence electrons. The van der Waals surface area contributed by atoms with E-state index in [1.165, 1.54) is 19.3 Å². The van der Waals surface area contributed by atoms with E-state index in [1.807, 2.05) is 13.8 Å². The molecule has 0 bridgehead atoms. The fourth-order valence-corrected chi connectivity index (χ4v) is 8.10. The Morgan fingerprint density at radius 3 is 2.66 bits per heavy atom. The summed E-state index contributed by atoms with van der Waals surface area (Å²) in [4.78, 5) is 24.5. The Balaban J connectivity index is 1.85. The third-order valence-electron chi connectivity index (χ3n) is 9.23. The number of hydrogen-bond acceptors (Lipinski definition) is 6. The number of halogens is 1. The van der Waals surface area contributed by atoms with Gasteiger partial charge in [-0.25, -0.2) is 4.39 Å². The number of carbonyl (C=O) groups is 2. The normalized spacial score (nSPS) is 47.1. The summed E-state index contributed by atoms with van der Waals surface area (Å²) in [6, 6.07) is 0. The number of alkyl halides is 1. The first-order chi connectivity index (χ1) is 14.9. The molecule has 3 saturated carbocycles. The van der Waals surface area contributed by atoms with Crippen LogP contribution in [-0.4, -0.2) is 46.4 Å². The van der Waals surface area contributed by atoms with Gasteiger partial charge in [-0.1, -0.05) is 32.4 Å². The summed E-state index contributed by atoms with van der Waals surface area (Å²) in [5.41, 5.74) is -4.24. The summed E-state index contributed by atoms with van der Waals surface area (Å²) in [5, 5.41) is 11.6. The van der Waals surface area contributed by atoms with Crippen LogP contribution in [0.4, 0.5) is 4.39 Å². The standard InChI is InChI=1S/C25H33FO5S/c1-6-20(29)31-25(21(32)30-5)14(2)11-18-17-8-7-15-12-16(27)9-10-22(15,3)24(17,26)19(28)13-23(18,25)4/h9-10,12,14,17-19,28H,6-8,11,13H2,1-5H3/t14-,17-,18-,19-,22-,23-,24-,25-/m0/s1. The number of fused-ring (bicyclic) bond motifs is 5. The second-order valence-corrected chi connectivity index (χ2v) is 10.8. The molecule has 7 heteroatoms. The SMILES string of the molecule is CCC(=O)O[C@]1(C(=S)OC)[C@@H](C)C[C@H]2[C@@H]3CCC4=CC(=O)C=C[C@]4(C)[C@@]3(F)[C@@H](O)C[C@@]21C. The van der Waals surface area contributed by atoms with Crippen molar-refractivity contribution < 1.29 is 28.6 Å². The van der Waals surface area contributed by atoms with Crippen molar-refractivity contribution in [2.75, 3.05) is 7.11 Å². The third-order valence-corrected chi connectivity index (χ3v) is 9.70. The number of allylic oxidation sites excluding steroid dienone is 4. The quantitative estimate of drug-likeness (QED) is 0.497. The highest BCUT2D eigenvalue weighted by Crippen LogP contribution is 2.71. The van der Waals surface area contributed by atoms with E-state index < -0.39 is 34.1 Å². The van der Waals surface area contributed by atoms with Crippen molar-refractivity contribution >= 4 is 29.0 Å². The van der Waals surface area contributed by atoms with Gasteiger partial charge in [0.15, 0.2) is 17.1 Å². The minimum atomic E-state index is -1.93. The number of ketones is 1. The van der Waals surface area contributed by atoms with Crippen LogP contribution in [0.25, 0.3) is 0 Å². The van der Waals surface area contributed by atoms with Crippen molar-refractivity contribution in [3.8, 4) is 0 Å². The van der Waals surface area contributed by atoms with E-state index >= 15 is 4.39 Å². The Labute approximate surface area is 194 Å². The molecule has 0 radical (unpaired) electrons. The van der Waals surface area contributed by atoms with Crippen LogP contribution in [0.1, 0.15) is 59.8 Å². The zero-order chi connectivity index (χ0) is 23.7. The van der Waals surface area contributed by atoms with Gasteiger partial charge in [-0.3, -0.25) is 9.59 Å². The molecule has 32 heavy (non-hydrogen) atoms. The second-order valence-electron chi connectivity index (χ2n) is 10.5. The Morgan fingerprint density at radius 1 is 1.34 bits per heavy atom. The lowest BCUT2D eigenvalue weighted by Gasteiger charge is -2.62. The van der Waals surface area contributed by atoms with Crippen molar-refractivity contribution in [3.05, 3.63) is 23.8 Å². The molecule has 0 amide bonds. The first-order valence-electron chi connectivity index (χ1n) is 11.5. The number of carbonyl (C=O) groups excluding carboxylic acids is 2. The summed E-state index contributed by atoms with van der Waals surface area (Å²) in [6.07, 6.45) is 5.26. The zero-order valence-corrected chi connectivity index (χ0v) is 20.3. The first-order valence-corrected chi connectivity index (χ1v) is 11.9. The highest BCUT2D eigenvalue weighted by molar-refractivity contribution is 7.80. The minimum Gasteiger partial charge on any atom is -0.487 e. The van der Waals surface area contributed by atoms with Gasteiger partial charge in [0.05, 0.1) is 13.2 Å². The van der Waals surface area contributed by atoms with E-state index in [0.29, 0.717) is 19.3 Å². The van der Waals surface area contributed by atoms with E-state index in [1.54, 1.807) is 19.9 Å². The van der Waals surface area contributed by atoms with E-state index in [2.05, 4.69) is 0 Å². The van der Waals surface area contributed by atoms with Crippen molar-refractivity contribution in [2.24, 2.45) is 28.6 Å². The largest absolute Gasteiger partial charge is 0.487 e. The van der Waals surface area contributed by atoms with E-state index in [9.17, 15) is 14.7 Å². The Kier molecular flexibility index (Phi) is 5.49. The maximum atomic E-state index is 17.2. The van der Waals surface area contributed by atoms with Crippen LogP contribution in [0.3, 0.4) is 0 Å². The lowest BCUT2D eigenvalue weighted by atomic mass is 9.45. The number of rotatable bonds is 3. The van der Waals surface area contributed by atoms with Gasteiger partial charge in [-0.15, -0.1) is 0 Å². The van der Waals surface area contributed by atoms with Gasteiger partial charge in [0.2, 0.25) is 5.05 Å². The fourth-order valence-electron chi connectivity index (χ4n) is 7.63. The molecular weight excluding hydrogens is 431 g/mol. The second kappa shape index (κ2) is 7.45. The lowest BCUT2D eigenvalue weighted by molar-refractivity contribution is -0.218. The van der Waals surface area contributed by atoms with Crippen LogP contribution < -0.4 is 0 Å². The molecular formula is C25H33FO5S. The van der Waals surface area contributed by atoms with Crippen molar-refractivity contribution in [2.45, 2.75) is 77.2 Å². The monoisotopic (exact) mass is 464 g/mol. The van der Waals surface area contributed by atoms with Crippen LogP contribution in [0, 0.1) is 28.6 Å². The van der Waals surface area contributed by atoms with Crippen LogP contribution in [0.15, 0.2) is 23.8 Å². The molecule has 0 saturated heterocycles. The molecule has 1 N–H and O–H groups in total. The van der Waals surface area contributed by atoms with Gasteiger partial charge in [0, 0.05) is 29.1 Å². The predicted molar refractivity (Wildman–Crippen MR) is 122 cm³/mol. The predicted octanol–water partition coefficient (Wildman–Crippen LogP) is 4.27. The van der Waals surface area contributed by atoms with Gasteiger partial charge in [0.1, 0.15) is 0 Å². The van der Waals surface area contributed by atoms with E-state index in [4.69, 9.17) is 21.7 Å². The molecule has 8 atom stereocenters. The smallest absolute Gasteiger partial charge is 0.306 e. The number of hydrogen-bond donors (Lipinski definition) is 1. The van der Waals surface area contributed by atoms with Gasteiger partial charge in [0.25, 0.3) is 0 Å². The molecule has 4 aliphatic carbocycles. The van der Waals surface area contributed by atoms with E-state index in [0.717, 1.165) is 5.57 Å². The maximum Gasteiger partial charge on any atom is 0.306 e. The molecule has 0 aromatic carbocycles. The van der Waals surface area contributed by atoms with Crippen molar-refractivity contribution in [3.63, 3.8) is 0 Å². The molecule has 0 spiro atoms. The summed E-state index contributed by atoms with van der Waals surface area (Å²) in [7, 11) is 1.47. The van der Waals surface area contributed by atoms with Gasteiger partial charge >= 0.3 is 5.97 Å². The fraction of sp³-hybridized carbons (Fsp3) is 0.720. The summed E-state index contributed by atoms with van der Waals surface area (Å²) in [5.74, 6) is -1.36. The molecule has 0 heterocycles. The molecule has 0 unspecified atom stereocenters. The number of esters is 1. The van der Waals surface area contributed by atoms with E-state index in [-0.39, 0.29) is 41.5 Å². The Bertz CT molecular complexity index is 929. The van der Waals surface area contributed by atoms with Crippen LogP contribution in [0.5, 0.6) is 0 Å². The molecule has 4 rings (SSSR count). The van der Waals surface area contributed by atoms with Crippen LogP contribution in [-0.2, 0) is 19.1 Å².